The van der Waals surface area contributed by atoms with Crippen LogP contribution in [0, 0.1) is 6.92 Å². The number of benzene rings is 1. The van der Waals surface area contributed by atoms with Crippen LogP contribution in [0.15, 0.2) is 18.2 Å². The normalized spacial score (nSPS) is 24.3. The highest BCUT2D eigenvalue weighted by atomic mass is 35.5. The number of piperidine rings is 1. The number of hydrogen-bond acceptors (Lipinski definition) is 2. The van der Waals surface area contributed by atoms with Gasteiger partial charge in [-0.05, 0) is 43.5 Å². The zero-order valence-electron chi connectivity index (χ0n) is 11.7. The molecule has 19 heavy (non-hydrogen) atoms. The molecular formula is C16H23ClN2. The molecule has 3 heteroatoms. The number of hydrogen-bond donors (Lipinski definition) is 0. The molecule has 1 aromatic carbocycles. The van der Waals surface area contributed by atoms with E-state index >= 15 is 0 Å². The van der Waals surface area contributed by atoms with Gasteiger partial charge in [0.1, 0.15) is 0 Å². The number of fused-ring (bicyclic) bond motifs is 1. The lowest BCUT2D eigenvalue weighted by atomic mass is 9.98. The minimum Gasteiger partial charge on any atom is -0.368 e. The summed E-state index contributed by atoms with van der Waals surface area (Å²) in [5, 5.41) is 0. The third kappa shape index (κ3) is 2.75. The van der Waals surface area contributed by atoms with Crippen LogP contribution in [-0.4, -0.2) is 37.1 Å². The highest BCUT2D eigenvalue weighted by Gasteiger charge is 2.29. The second-order valence-electron chi connectivity index (χ2n) is 5.89. The van der Waals surface area contributed by atoms with E-state index in [1.807, 2.05) is 0 Å². The first-order chi connectivity index (χ1) is 9.28. The number of piperazine rings is 1. The summed E-state index contributed by atoms with van der Waals surface area (Å²) in [6.45, 7) is 7.10. The third-order valence-corrected chi connectivity index (χ3v) is 4.90. The number of halogens is 1. The lowest BCUT2D eigenvalue weighted by Gasteiger charge is -2.45. The van der Waals surface area contributed by atoms with Crippen LogP contribution in [0.25, 0.3) is 0 Å². The molecule has 2 saturated heterocycles. The summed E-state index contributed by atoms with van der Waals surface area (Å²) in [4.78, 5) is 5.25. The molecule has 0 aliphatic carbocycles. The summed E-state index contributed by atoms with van der Waals surface area (Å²) in [5.41, 5.74) is 3.99. The van der Waals surface area contributed by atoms with Crippen LogP contribution in [0.5, 0.6) is 0 Å². The second-order valence-corrected chi connectivity index (χ2v) is 6.15. The summed E-state index contributed by atoms with van der Waals surface area (Å²) < 4.78 is 0. The van der Waals surface area contributed by atoms with Crippen LogP contribution >= 0.6 is 11.6 Å². The molecular weight excluding hydrogens is 256 g/mol. The zero-order chi connectivity index (χ0) is 13.2. The van der Waals surface area contributed by atoms with E-state index in [1.165, 1.54) is 55.7 Å². The maximum absolute atomic E-state index is 5.91. The Kier molecular flexibility index (Phi) is 3.99. The van der Waals surface area contributed by atoms with E-state index in [-0.39, 0.29) is 0 Å². The van der Waals surface area contributed by atoms with Crippen molar-refractivity contribution in [1.29, 1.82) is 0 Å². The number of nitrogens with zero attached hydrogens (tertiary/aromatic N) is 2. The first-order valence-corrected chi connectivity index (χ1v) is 7.96. The summed E-state index contributed by atoms with van der Waals surface area (Å²) in [6.07, 6.45) is 4.16. The van der Waals surface area contributed by atoms with Gasteiger partial charge in [0.15, 0.2) is 0 Å². The van der Waals surface area contributed by atoms with E-state index in [9.17, 15) is 0 Å². The first kappa shape index (κ1) is 13.3. The maximum Gasteiger partial charge on any atom is 0.0474 e. The molecule has 0 radical (unpaired) electrons. The van der Waals surface area contributed by atoms with Crippen molar-refractivity contribution in [3.05, 3.63) is 29.3 Å². The summed E-state index contributed by atoms with van der Waals surface area (Å²) in [5.74, 6) is 0.609. The maximum atomic E-state index is 5.91. The van der Waals surface area contributed by atoms with Gasteiger partial charge in [-0.1, -0.05) is 18.6 Å². The smallest absolute Gasteiger partial charge is 0.0474 e. The summed E-state index contributed by atoms with van der Waals surface area (Å²) >= 11 is 5.91. The standard InChI is InChI=1S/C16H23ClN2/c1-13-10-14(11-17)5-6-16(13)19-9-8-18-7-3-2-4-15(18)12-19/h5-6,10,15H,2-4,7-9,11-12H2,1H3. The zero-order valence-corrected chi connectivity index (χ0v) is 12.5. The van der Waals surface area contributed by atoms with E-state index in [4.69, 9.17) is 11.6 Å². The molecule has 0 saturated carbocycles. The molecule has 3 rings (SSSR count). The quantitative estimate of drug-likeness (QED) is 0.765. The number of alkyl halides is 1. The number of rotatable bonds is 2. The molecule has 0 amide bonds. The van der Waals surface area contributed by atoms with Crippen LogP contribution in [-0.2, 0) is 5.88 Å². The third-order valence-electron chi connectivity index (χ3n) is 4.59. The minimum absolute atomic E-state index is 0.609. The lowest BCUT2D eigenvalue weighted by Crippen LogP contribution is -2.55. The van der Waals surface area contributed by atoms with Crippen molar-refractivity contribution < 1.29 is 0 Å². The predicted molar refractivity (Wildman–Crippen MR) is 82.2 cm³/mol. The van der Waals surface area contributed by atoms with Crippen LogP contribution in [0.3, 0.4) is 0 Å². The fourth-order valence-corrected chi connectivity index (χ4v) is 3.70. The lowest BCUT2D eigenvalue weighted by molar-refractivity contribution is 0.133. The Morgan fingerprint density at radius 3 is 2.89 bits per heavy atom. The van der Waals surface area contributed by atoms with Crippen molar-refractivity contribution >= 4 is 17.3 Å². The molecule has 2 nitrogen and oxygen atoms in total. The molecule has 0 spiro atoms. The van der Waals surface area contributed by atoms with Gasteiger partial charge in [-0.2, -0.15) is 0 Å². The summed E-state index contributed by atoms with van der Waals surface area (Å²) in [7, 11) is 0. The average Bonchev–Trinajstić information content (AvgIpc) is 2.46. The molecule has 2 aliphatic heterocycles. The fraction of sp³-hybridized carbons (Fsp3) is 0.625. The molecule has 0 N–H and O–H groups in total. The Hall–Kier alpha value is -0.730. The Morgan fingerprint density at radius 2 is 2.11 bits per heavy atom. The van der Waals surface area contributed by atoms with Gasteiger partial charge >= 0.3 is 0 Å². The average molecular weight is 279 g/mol. The van der Waals surface area contributed by atoms with Crippen molar-refractivity contribution in [3.63, 3.8) is 0 Å². The van der Waals surface area contributed by atoms with Gasteiger partial charge in [0.25, 0.3) is 0 Å². The van der Waals surface area contributed by atoms with Crippen molar-refractivity contribution in [2.75, 3.05) is 31.1 Å². The van der Waals surface area contributed by atoms with Crippen molar-refractivity contribution in [3.8, 4) is 0 Å². The molecule has 1 unspecified atom stereocenters. The van der Waals surface area contributed by atoms with E-state index in [0.717, 1.165) is 12.6 Å². The molecule has 0 bridgehead atoms. The number of aryl methyl sites for hydroxylation is 1. The monoisotopic (exact) mass is 278 g/mol. The van der Waals surface area contributed by atoms with Gasteiger partial charge in [0.2, 0.25) is 0 Å². The first-order valence-electron chi connectivity index (χ1n) is 7.42. The molecule has 2 fully saturated rings. The highest BCUT2D eigenvalue weighted by Crippen LogP contribution is 2.27. The van der Waals surface area contributed by atoms with E-state index < -0.39 is 0 Å². The second kappa shape index (κ2) is 5.72. The van der Waals surface area contributed by atoms with Gasteiger partial charge in [0.05, 0.1) is 0 Å². The van der Waals surface area contributed by atoms with Crippen molar-refractivity contribution in [2.45, 2.75) is 38.1 Å². The molecule has 1 aromatic rings. The topological polar surface area (TPSA) is 6.48 Å². The van der Waals surface area contributed by atoms with Gasteiger partial charge < -0.3 is 4.90 Å². The fourth-order valence-electron chi connectivity index (χ4n) is 3.53. The molecule has 0 aromatic heterocycles. The largest absolute Gasteiger partial charge is 0.368 e. The highest BCUT2D eigenvalue weighted by molar-refractivity contribution is 6.17. The van der Waals surface area contributed by atoms with Gasteiger partial charge in [-0.3, -0.25) is 4.90 Å². The van der Waals surface area contributed by atoms with Crippen molar-refractivity contribution in [2.24, 2.45) is 0 Å². The van der Waals surface area contributed by atoms with Crippen LogP contribution in [0.4, 0.5) is 5.69 Å². The Balaban J connectivity index is 1.75. The number of anilines is 1. The molecule has 104 valence electrons. The van der Waals surface area contributed by atoms with Gasteiger partial charge in [0, 0.05) is 37.2 Å². The molecule has 2 heterocycles. The molecule has 1 atom stereocenters. The Bertz CT molecular complexity index is 446. The minimum atomic E-state index is 0.609. The van der Waals surface area contributed by atoms with E-state index in [0.29, 0.717) is 5.88 Å². The van der Waals surface area contributed by atoms with E-state index in [1.54, 1.807) is 0 Å². The van der Waals surface area contributed by atoms with Crippen LogP contribution < -0.4 is 4.90 Å². The Morgan fingerprint density at radius 1 is 1.21 bits per heavy atom. The SMILES string of the molecule is Cc1cc(CCl)ccc1N1CCN2CCCCC2C1. The van der Waals surface area contributed by atoms with Gasteiger partial charge in [-0.25, -0.2) is 0 Å². The van der Waals surface area contributed by atoms with Gasteiger partial charge in [-0.15, -0.1) is 11.6 Å². The van der Waals surface area contributed by atoms with Crippen molar-refractivity contribution in [1.82, 2.24) is 4.90 Å². The Labute approximate surface area is 121 Å². The predicted octanol–water partition coefficient (Wildman–Crippen LogP) is 3.41. The summed E-state index contributed by atoms with van der Waals surface area (Å²) in [6, 6.07) is 7.43. The van der Waals surface area contributed by atoms with Crippen LogP contribution in [0.2, 0.25) is 0 Å². The van der Waals surface area contributed by atoms with E-state index in [2.05, 4.69) is 34.9 Å². The molecule has 2 aliphatic rings. The van der Waals surface area contributed by atoms with Crippen LogP contribution in [0.1, 0.15) is 30.4 Å².